The molecule has 1 aromatic carbocycles. The molecule has 1 N–H and O–H groups in total. The average Bonchev–Trinajstić information content (AvgIpc) is 2.92. The van der Waals surface area contributed by atoms with Crippen LogP contribution in [-0.2, 0) is 6.42 Å². The van der Waals surface area contributed by atoms with Gasteiger partial charge in [-0.3, -0.25) is 0 Å². The third kappa shape index (κ3) is 2.97. The number of ether oxygens (including phenoxy) is 1. The number of thiophene rings is 1. The fourth-order valence-corrected chi connectivity index (χ4v) is 3.42. The van der Waals surface area contributed by atoms with Gasteiger partial charge in [0.25, 0.3) is 0 Å². The summed E-state index contributed by atoms with van der Waals surface area (Å²) >= 11 is 13.9. The van der Waals surface area contributed by atoms with E-state index in [1.807, 2.05) is 6.07 Å². The Balaban J connectivity index is 2.08. The van der Waals surface area contributed by atoms with Gasteiger partial charge in [-0.15, -0.1) is 11.3 Å². The van der Waals surface area contributed by atoms with E-state index >= 15 is 0 Å². The molecule has 3 rings (SSSR count). The molecule has 114 valence electrons. The predicted octanol–water partition coefficient (Wildman–Crippen LogP) is 5.31. The van der Waals surface area contributed by atoms with Crippen molar-refractivity contribution in [1.82, 2.24) is 9.97 Å². The Bertz CT molecular complexity index is 835. The van der Waals surface area contributed by atoms with Gasteiger partial charge in [-0.1, -0.05) is 18.5 Å². The van der Waals surface area contributed by atoms with E-state index in [2.05, 4.69) is 28.3 Å². The highest BCUT2D eigenvalue weighted by atomic mass is 35.5. The summed E-state index contributed by atoms with van der Waals surface area (Å²) in [6, 6.07) is 7.47. The van der Waals surface area contributed by atoms with Crippen LogP contribution in [0.3, 0.4) is 0 Å². The number of benzene rings is 1. The first-order valence-electron chi connectivity index (χ1n) is 6.67. The van der Waals surface area contributed by atoms with Gasteiger partial charge in [-0.25, -0.2) is 4.98 Å². The molecule has 4 nitrogen and oxygen atoms in total. The fourth-order valence-electron chi connectivity index (χ4n) is 2.07. The maximum absolute atomic E-state index is 6.23. The maximum atomic E-state index is 6.23. The van der Waals surface area contributed by atoms with Crippen LogP contribution in [0.15, 0.2) is 24.3 Å². The number of aromatic nitrogens is 2. The number of anilines is 2. The van der Waals surface area contributed by atoms with Gasteiger partial charge in [-0.05, 0) is 36.2 Å². The number of aryl methyl sites for hydroxylation is 1. The monoisotopic (exact) mass is 353 g/mol. The first-order valence-corrected chi connectivity index (χ1v) is 8.24. The molecule has 0 saturated carbocycles. The summed E-state index contributed by atoms with van der Waals surface area (Å²) in [7, 11) is 1.61. The van der Waals surface area contributed by atoms with E-state index in [-0.39, 0.29) is 5.28 Å². The fraction of sp³-hybridized carbons (Fsp3) is 0.200. The lowest BCUT2D eigenvalue weighted by Crippen LogP contribution is -1.97. The molecule has 0 saturated heterocycles. The molecule has 0 atom stereocenters. The summed E-state index contributed by atoms with van der Waals surface area (Å²) in [5.41, 5.74) is 0.710. The van der Waals surface area contributed by atoms with Crippen LogP contribution in [0.5, 0.6) is 5.75 Å². The van der Waals surface area contributed by atoms with Crippen LogP contribution in [0.4, 0.5) is 11.5 Å². The zero-order valence-corrected chi connectivity index (χ0v) is 14.3. The minimum Gasteiger partial charge on any atom is -0.497 e. The molecule has 3 aromatic rings. The van der Waals surface area contributed by atoms with Crippen molar-refractivity contribution in [2.24, 2.45) is 0 Å². The lowest BCUT2D eigenvalue weighted by molar-refractivity contribution is 0.415. The van der Waals surface area contributed by atoms with E-state index in [4.69, 9.17) is 27.9 Å². The SMILES string of the molecule is CCc1cc2c(Nc3cc(OC)ccc3Cl)nc(Cl)nc2s1. The molecule has 7 heteroatoms. The summed E-state index contributed by atoms with van der Waals surface area (Å²) < 4.78 is 5.22. The van der Waals surface area contributed by atoms with Crippen LogP contribution in [0.1, 0.15) is 11.8 Å². The molecule has 0 unspecified atom stereocenters. The Morgan fingerprint density at radius 1 is 1.23 bits per heavy atom. The van der Waals surface area contributed by atoms with E-state index in [0.717, 1.165) is 16.6 Å². The lowest BCUT2D eigenvalue weighted by atomic mass is 10.2. The maximum Gasteiger partial charge on any atom is 0.225 e. The third-order valence-corrected chi connectivity index (χ3v) is 4.86. The molecular weight excluding hydrogens is 341 g/mol. The summed E-state index contributed by atoms with van der Waals surface area (Å²) in [6.45, 7) is 2.10. The van der Waals surface area contributed by atoms with Crippen molar-refractivity contribution in [1.29, 1.82) is 0 Å². The molecule has 2 heterocycles. The predicted molar refractivity (Wildman–Crippen MR) is 93.1 cm³/mol. The van der Waals surface area contributed by atoms with Gasteiger partial charge >= 0.3 is 0 Å². The van der Waals surface area contributed by atoms with Crippen LogP contribution in [-0.4, -0.2) is 17.1 Å². The van der Waals surface area contributed by atoms with E-state index in [9.17, 15) is 0 Å². The van der Waals surface area contributed by atoms with Gasteiger partial charge < -0.3 is 10.1 Å². The number of rotatable bonds is 4. The first kappa shape index (κ1) is 15.3. The zero-order chi connectivity index (χ0) is 15.7. The highest BCUT2D eigenvalue weighted by Crippen LogP contribution is 2.34. The molecular formula is C15H13Cl2N3OS. The smallest absolute Gasteiger partial charge is 0.225 e. The van der Waals surface area contributed by atoms with Crippen molar-refractivity contribution in [2.45, 2.75) is 13.3 Å². The molecule has 0 fully saturated rings. The third-order valence-electron chi connectivity index (χ3n) is 3.19. The zero-order valence-electron chi connectivity index (χ0n) is 12.0. The van der Waals surface area contributed by atoms with Gasteiger partial charge in [0.15, 0.2) is 0 Å². The van der Waals surface area contributed by atoms with Crippen LogP contribution >= 0.6 is 34.5 Å². The standard InChI is InChI=1S/C15H13Cl2N3OS/c1-3-9-7-10-13(19-15(17)20-14(10)22-9)18-12-6-8(21-2)4-5-11(12)16/h4-7H,3H2,1-2H3,(H,18,19,20). The molecule has 22 heavy (non-hydrogen) atoms. The number of nitrogens with one attached hydrogen (secondary N) is 1. The first-order chi connectivity index (χ1) is 10.6. The summed E-state index contributed by atoms with van der Waals surface area (Å²) in [4.78, 5) is 10.7. The second kappa shape index (κ2) is 6.28. The highest BCUT2D eigenvalue weighted by molar-refractivity contribution is 7.18. The average molecular weight is 354 g/mol. The van der Waals surface area contributed by atoms with E-state index < -0.39 is 0 Å². The van der Waals surface area contributed by atoms with Gasteiger partial charge in [0, 0.05) is 10.9 Å². The number of hydrogen-bond donors (Lipinski definition) is 1. The van der Waals surface area contributed by atoms with E-state index in [0.29, 0.717) is 22.3 Å². The Morgan fingerprint density at radius 2 is 2.05 bits per heavy atom. The summed E-state index contributed by atoms with van der Waals surface area (Å²) in [6.07, 6.45) is 0.942. The molecule has 2 aromatic heterocycles. The minimum absolute atomic E-state index is 0.207. The van der Waals surface area contributed by atoms with Crippen molar-refractivity contribution >= 4 is 56.3 Å². The molecule has 0 aliphatic carbocycles. The molecule has 0 aliphatic heterocycles. The van der Waals surface area contributed by atoms with Crippen LogP contribution < -0.4 is 10.1 Å². The number of fused-ring (bicyclic) bond motifs is 1. The lowest BCUT2D eigenvalue weighted by Gasteiger charge is -2.10. The summed E-state index contributed by atoms with van der Waals surface area (Å²) in [5.74, 6) is 1.35. The van der Waals surface area contributed by atoms with Gasteiger partial charge in [0.05, 0.1) is 23.2 Å². The number of hydrogen-bond acceptors (Lipinski definition) is 5. The van der Waals surface area contributed by atoms with Crippen molar-refractivity contribution in [2.75, 3.05) is 12.4 Å². The quantitative estimate of drug-likeness (QED) is 0.645. The molecule has 0 aliphatic rings. The normalized spacial score (nSPS) is 10.9. The highest BCUT2D eigenvalue weighted by Gasteiger charge is 2.12. The van der Waals surface area contributed by atoms with E-state index in [1.165, 1.54) is 4.88 Å². The van der Waals surface area contributed by atoms with Gasteiger partial charge in [0.1, 0.15) is 16.4 Å². The molecule has 0 spiro atoms. The van der Waals surface area contributed by atoms with Crippen molar-refractivity contribution in [3.8, 4) is 5.75 Å². The summed E-state index contributed by atoms with van der Waals surface area (Å²) in [5, 5.41) is 4.95. The van der Waals surface area contributed by atoms with Gasteiger partial charge in [0.2, 0.25) is 5.28 Å². The minimum atomic E-state index is 0.207. The number of halogens is 2. The largest absolute Gasteiger partial charge is 0.497 e. The Hall–Kier alpha value is -1.56. The second-order valence-corrected chi connectivity index (χ2v) is 6.46. The number of methoxy groups -OCH3 is 1. The second-order valence-electron chi connectivity index (χ2n) is 4.60. The number of nitrogens with zero attached hydrogens (tertiary/aromatic N) is 2. The molecule has 0 bridgehead atoms. The van der Waals surface area contributed by atoms with Crippen molar-refractivity contribution < 1.29 is 4.74 Å². The molecule has 0 amide bonds. The van der Waals surface area contributed by atoms with E-state index in [1.54, 1.807) is 30.6 Å². The Morgan fingerprint density at radius 3 is 2.77 bits per heavy atom. The Kier molecular flexibility index (Phi) is 4.38. The van der Waals surface area contributed by atoms with Crippen molar-refractivity contribution in [3.05, 3.63) is 39.4 Å². The van der Waals surface area contributed by atoms with Crippen LogP contribution in [0, 0.1) is 0 Å². The topological polar surface area (TPSA) is 47.0 Å². The van der Waals surface area contributed by atoms with Crippen molar-refractivity contribution in [3.63, 3.8) is 0 Å². The van der Waals surface area contributed by atoms with Crippen LogP contribution in [0.2, 0.25) is 10.3 Å². The van der Waals surface area contributed by atoms with Crippen LogP contribution in [0.25, 0.3) is 10.2 Å². The van der Waals surface area contributed by atoms with Gasteiger partial charge in [-0.2, -0.15) is 4.98 Å². The molecule has 0 radical (unpaired) electrons. The Labute approximate surface area is 142 Å².